The third-order valence-corrected chi connectivity index (χ3v) is 3.61. The lowest BCUT2D eigenvalue weighted by atomic mass is 9.93. The van der Waals surface area contributed by atoms with Crippen molar-refractivity contribution in [2.45, 2.75) is 37.8 Å². The topological polar surface area (TPSA) is 80.2 Å². The van der Waals surface area contributed by atoms with Crippen molar-refractivity contribution in [1.82, 2.24) is 14.5 Å². The highest BCUT2D eigenvalue weighted by Crippen LogP contribution is 2.27. The molecule has 106 valence electrons. The number of nitrogens with one attached hydrogen (secondary N) is 1. The maximum absolute atomic E-state index is 12.0. The third kappa shape index (κ3) is 2.86. The Morgan fingerprint density at radius 2 is 1.89 bits per heavy atom. The predicted octanol–water partition coefficient (Wildman–Crippen LogP) is 0.128. The largest absolute Gasteiger partial charge is 0.381 e. The van der Waals surface area contributed by atoms with Gasteiger partial charge in [0.05, 0.1) is 6.10 Å². The molecule has 0 atom stereocenters. The number of hydrogen-bond acceptors (Lipinski definition) is 5. The number of anilines is 1. The number of rotatable bonds is 3. The maximum atomic E-state index is 12.0. The minimum absolute atomic E-state index is 0.0774. The van der Waals surface area contributed by atoms with Gasteiger partial charge in [-0.1, -0.05) is 0 Å². The summed E-state index contributed by atoms with van der Waals surface area (Å²) in [4.78, 5) is 32.1. The fraction of sp³-hybridized carbons (Fsp3) is 0.750. The first kappa shape index (κ1) is 13.8. The fourth-order valence-corrected chi connectivity index (χ4v) is 2.49. The number of aromatic amines is 1. The van der Waals surface area contributed by atoms with Crippen LogP contribution in [0.5, 0.6) is 0 Å². The van der Waals surface area contributed by atoms with E-state index in [-0.39, 0.29) is 23.8 Å². The van der Waals surface area contributed by atoms with Crippen molar-refractivity contribution in [2.75, 3.05) is 26.1 Å². The number of methoxy groups -OCH3 is 1. The van der Waals surface area contributed by atoms with Crippen molar-refractivity contribution in [2.24, 2.45) is 0 Å². The summed E-state index contributed by atoms with van der Waals surface area (Å²) >= 11 is 0. The lowest BCUT2D eigenvalue weighted by Gasteiger charge is -2.28. The van der Waals surface area contributed by atoms with Crippen molar-refractivity contribution < 1.29 is 4.74 Å². The van der Waals surface area contributed by atoms with E-state index in [4.69, 9.17) is 4.74 Å². The van der Waals surface area contributed by atoms with Crippen LogP contribution in [0.4, 0.5) is 5.95 Å². The second-order valence-electron chi connectivity index (χ2n) is 5.08. The Hall–Kier alpha value is -1.63. The van der Waals surface area contributed by atoms with Crippen LogP contribution in [-0.4, -0.2) is 41.8 Å². The van der Waals surface area contributed by atoms with Gasteiger partial charge in [0, 0.05) is 27.2 Å². The predicted molar refractivity (Wildman–Crippen MR) is 71.7 cm³/mol. The van der Waals surface area contributed by atoms with Crippen molar-refractivity contribution in [3.05, 3.63) is 21.0 Å². The first-order valence-corrected chi connectivity index (χ1v) is 6.46. The quantitative estimate of drug-likeness (QED) is 0.842. The third-order valence-electron chi connectivity index (χ3n) is 3.61. The number of aromatic nitrogens is 3. The van der Waals surface area contributed by atoms with E-state index in [1.807, 2.05) is 0 Å². The summed E-state index contributed by atoms with van der Waals surface area (Å²) in [5.41, 5.74) is -0.863. The van der Waals surface area contributed by atoms with Gasteiger partial charge < -0.3 is 9.64 Å². The Morgan fingerprint density at radius 1 is 1.26 bits per heavy atom. The molecule has 1 heterocycles. The van der Waals surface area contributed by atoms with Gasteiger partial charge >= 0.3 is 11.4 Å². The van der Waals surface area contributed by atoms with Gasteiger partial charge in [0.15, 0.2) is 0 Å². The van der Waals surface area contributed by atoms with E-state index in [2.05, 4.69) is 9.97 Å². The molecule has 1 aromatic rings. The molecule has 0 radical (unpaired) electrons. The molecule has 1 N–H and O–H groups in total. The summed E-state index contributed by atoms with van der Waals surface area (Å²) in [6, 6.07) is -0.0774. The van der Waals surface area contributed by atoms with E-state index in [0.717, 1.165) is 25.7 Å². The molecule has 0 saturated heterocycles. The molecule has 2 rings (SSSR count). The highest BCUT2D eigenvalue weighted by atomic mass is 16.5. The molecule has 0 aliphatic heterocycles. The van der Waals surface area contributed by atoms with Gasteiger partial charge in [0.2, 0.25) is 5.95 Å². The summed E-state index contributed by atoms with van der Waals surface area (Å²) in [6.45, 7) is 0. The maximum Gasteiger partial charge on any atom is 0.355 e. The molecule has 1 saturated carbocycles. The van der Waals surface area contributed by atoms with Gasteiger partial charge in [-0.05, 0) is 25.7 Å². The first-order valence-electron chi connectivity index (χ1n) is 6.46. The first-order chi connectivity index (χ1) is 9.02. The zero-order valence-electron chi connectivity index (χ0n) is 11.5. The number of ether oxygens (including phenoxy) is 1. The number of nitrogens with zero attached hydrogens (tertiary/aromatic N) is 3. The average molecular weight is 268 g/mol. The standard InChI is InChI=1S/C12H20N4O3/c1-15(2)10-13-11(17)16(12(18)14-10)8-4-6-9(19-3)7-5-8/h8-9H,4-7H2,1-3H3,(H,13,14,17,18). The summed E-state index contributed by atoms with van der Waals surface area (Å²) in [6.07, 6.45) is 3.50. The molecule has 0 amide bonds. The minimum atomic E-state index is -0.478. The molecule has 0 unspecified atom stereocenters. The molecular weight excluding hydrogens is 248 g/mol. The number of hydrogen-bond donors (Lipinski definition) is 1. The van der Waals surface area contributed by atoms with Crippen molar-refractivity contribution in [3.8, 4) is 0 Å². The second kappa shape index (κ2) is 5.56. The van der Waals surface area contributed by atoms with Crippen molar-refractivity contribution in [1.29, 1.82) is 0 Å². The Bertz CT molecular complexity index is 509. The van der Waals surface area contributed by atoms with Gasteiger partial charge in [0.1, 0.15) is 0 Å². The Kier molecular flexibility index (Phi) is 4.04. The van der Waals surface area contributed by atoms with Crippen LogP contribution < -0.4 is 16.3 Å². The van der Waals surface area contributed by atoms with Gasteiger partial charge in [0.25, 0.3) is 0 Å². The van der Waals surface area contributed by atoms with Crippen LogP contribution in [0, 0.1) is 0 Å². The summed E-state index contributed by atoms with van der Waals surface area (Å²) < 4.78 is 6.53. The smallest absolute Gasteiger partial charge is 0.355 e. The summed E-state index contributed by atoms with van der Waals surface area (Å²) in [5.74, 6) is 0.289. The monoisotopic (exact) mass is 268 g/mol. The summed E-state index contributed by atoms with van der Waals surface area (Å²) in [7, 11) is 5.15. The van der Waals surface area contributed by atoms with E-state index in [9.17, 15) is 9.59 Å². The lowest BCUT2D eigenvalue weighted by molar-refractivity contribution is 0.0572. The van der Waals surface area contributed by atoms with Crippen LogP contribution in [0.2, 0.25) is 0 Å². The second-order valence-corrected chi connectivity index (χ2v) is 5.08. The van der Waals surface area contributed by atoms with Crippen LogP contribution in [0.15, 0.2) is 9.59 Å². The van der Waals surface area contributed by atoms with E-state index in [0.29, 0.717) is 0 Å². The molecule has 1 aromatic heterocycles. The molecule has 0 spiro atoms. The molecule has 1 aliphatic rings. The lowest BCUT2D eigenvalue weighted by Crippen LogP contribution is -2.42. The molecule has 0 aromatic carbocycles. The number of H-pyrrole nitrogens is 1. The minimum Gasteiger partial charge on any atom is -0.381 e. The fourth-order valence-electron chi connectivity index (χ4n) is 2.49. The van der Waals surface area contributed by atoms with Crippen LogP contribution >= 0.6 is 0 Å². The zero-order valence-corrected chi connectivity index (χ0v) is 11.5. The van der Waals surface area contributed by atoms with Crippen molar-refractivity contribution in [3.63, 3.8) is 0 Å². The van der Waals surface area contributed by atoms with E-state index in [1.54, 1.807) is 26.1 Å². The van der Waals surface area contributed by atoms with Gasteiger partial charge in [-0.15, -0.1) is 0 Å². The Labute approximate surface area is 111 Å². The van der Waals surface area contributed by atoms with Crippen LogP contribution in [0.1, 0.15) is 31.7 Å². The van der Waals surface area contributed by atoms with Gasteiger partial charge in [-0.2, -0.15) is 4.98 Å². The molecule has 7 heteroatoms. The molecule has 1 aliphatic carbocycles. The average Bonchev–Trinajstić information content (AvgIpc) is 2.38. The van der Waals surface area contributed by atoms with Crippen LogP contribution in [-0.2, 0) is 4.74 Å². The highest BCUT2D eigenvalue weighted by Gasteiger charge is 2.24. The molecule has 7 nitrogen and oxygen atoms in total. The van der Waals surface area contributed by atoms with Gasteiger partial charge in [-0.25, -0.2) is 14.2 Å². The van der Waals surface area contributed by atoms with E-state index >= 15 is 0 Å². The van der Waals surface area contributed by atoms with Gasteiger partial charge in [-0.3, -0.25) is 4.98 Å². The van der Waals surface area contributed by atoms with Crippen LogP contribution in [0.3, 0.4) is 0 Å². The highest BCUT2D eigenvalue weighted by molar-refractivity contribution is 5.23. The Morgan fingerprint density at radius 3 is 2.37 bits per heavy atom. The molecular formula is C12H20N4O3. The Balaban J connectivity index is 2.27. The molecule has 0 bridgehead atoms. The van der Waals surface area contributed by atoms with Crippen molar-refractivity contribution >= 4 is 5.95 Å². The van der Waals surface area contributed by atoms with E-state index in [1.165, 1.54) is 4.57 Å². The normalized spacial score (nSPS) is 23.3. The van der Waals surface area contributed by atoms with Crippen LogP contribution in [0.25, 0.3) is 0 Å². The molecule has 19 heavy (non-hydrogen) atoms. The van der Waals surface area contributed by atoms with E-state index < -0.39 is 5.69 Å². The summed E-state index contributed by atoms with van der Waals surface area (Å²) in [5, 5.41) is 0. The SMILES string of the molecule is COC1CCC(n2c(=O)nc(N(C)C)[nH]c2=O)CC1. The molecule has 1 fully saturated rings. The zero-order chi connectivity index (χ0) is 14.0.